The molecule has 0 saturated carbocycles. The highest BCUT2D eigenvalue weighted by Crippen LogP contribution is 2.17. The van der Waals surface area contributed by atoms with Crippen molar-refractivity contribution in [2.45, 2.75) is 25.4 Å². The Hall–Kier alpha value is -0.910. The van der Waals surface area contributed by atoms with Crippen molar-refractivity contribution in [3.63, 3.8) is 0 Å². The highest BCUT2D eigenvalue weighted by molar-refractivity contribution is 7.10. The molecule has 16 heavy (non-hydrogen) atoms. The normalized spacial score (nSPS) is 13.5. The van der Waals surface area contributed by atoms with Crippen molar-refractivity contribution in [1.82, 2.24) is 5.32 Å². The highest BCUT2D eigenvalue weighted by atomic mass is 32.1. The number of ether oxygens (including phenoxy) is 1. The van der Waals surface area contributed by atoms with Crippen molar-refractivity contribution in [3.05, 3.63) is 22.4 Å². The van der Waals surface area contributed by atoms with Crippen LogP contribution >= 0.6 is 11.3 Å². The van der Waals surface area contributed by atoms with Crippen LogP contribution in [-0.2, 0) is 9.53 Å². The molecule has 0 spiro atoms. The van der Waals surface area contributed by atoms with E-state index in [-0.39, 0.29) is 5.91 Å². The van der Waals surface area contributed by atoms with E-state index in [2.05, 4.69) is 5.32 Å². The van der Waals surface area contributed by atoms with Gasteiger partial charge in [-0.25, -0.2) is 0 Å². The maximum absolute atomic E-state index is 11.8. The van der Waals surface area contributed by atoms with Crippen LogP contribution < -0.4 is 11.1 Å². The van der Waals surface area contributed by atoms with Gasteiger partial charge in [0, 0.05) is 12.0 Å². The van der Waals surface area contributed by atoms with E-state index in [4.69, 9.17) is 10.5 Å². The molecular formula is C11H18N2O2S. The van der Waals surface area contributed by atoms with Crippen LogP contribution in [0.15, 0.2) is 17.5 Å². The summed E-state index contributed by atoms with van der Waals surface area (Å²) in [6, 6.07) is 3.14. The number of nitrogens with one attached hydrogen (secondary N) is 1. The third-order valence-electron chi connectivity index (χ3n) is 2.10. The Balaban J connectivity index is 2.59. The molecule has 0 aromatic carbocycles. The van der Waals surface area contributed by atoms with E-state index < -0.39 is 11.6 Å². The van der Waals surface area contributed by atoms with Crippen molar-refractivity contribution in [2.75, 3.05) is 13.7 Å². The summed E-state index contributed by atoms with van der Waals surface area (Å²) in [5, 5.41) is 4.77. The van der Waals surface area contributed by atoms with Gasteiger partial charge in [-0.2, -0.15) is 0 Å². The second-order valence-electron chi connectivity index (χ2n) is 4.30. The van der Waals surface area contributed by atoms with Gasteiger partial charge in [-0.15, -0.1) is 11.3 Å². The van der Waals surface area contributed by atoms with Gasteiger partial charge in [-0.3, -0.25) is 4.79 Å². The predicted octanol–water partition coefficient (Wildman–Crippen LogP) is 1.29. The Bertz CT molecular complexity index is 336. The van der Waals surface area contributed by atoms with Gasteiger partial charge >= 0.3 is 0 Å². The number of thiophene rings is 1. The number of hydrogen-bond acceptors (Lipinski definition) is 4. The summed E-state index contributed by atoms with van der Waals surface area (Å²) in [7, 11) is 1.60. The van der Waals surface area contributed by atoms with Gasteiger partial charge < -0.3 is 15.8 Å². The monoisotopic (exact) mass is 242 g/mol. The molecule has 3 N–H and O–H groups in total. The van der Waals surface area contributed by atoms with Crippen molar-refractivity contribution < 1.29 is 9.53 Å². The van der Waals surface area contributed by atoms with Gasteiger partial charge in [0.05, 0.1) is 12.1 Å². The van der Waals surface area contributed by atoms with Crippen LogP contribution in [0.25, 0.3) is 0 Å². The zero-order valence-corrected chi connectivity index (χ0v) is 10.6. The average Bonchev–Trinajstić information content (AvgIpc) is 2.68. The first-order valence-electron chi connectivity index (χ1n) is 5.06. The van der Waals surface area contributed by atoms with Gasteiger partial charge in [-0.05, 0) is 25.3 Å². The van der Waals surface area contributed by atoms with E-state index in [9.17, 15) is 4.79 Å². The standard InChI is InChI=1S/C11H18N2O2S/c1-11(2,7-15-3)13-10(14)9(12)8-5-4-6-16-8/h4-6,9H,7,12H2,1-3H3,(H,13,14). The quantitative estimate of drug-likeness (QED) is 0.817. The lowest BCUT2D eigenvalue weighted by Crippen LogP contribution is -2.49. The largest absolute Gasteiger partial charge is 0.382 e. The molecule has 0 fully saturated rings. The van der Waals surface area contributed by atoms with Crippen LogP contribution in [0.2, 0.25) is 0 Å². The first-order valence-corrected chi connectivity index (χ1v) is 5.94. The fourth-order valence-corrected chi connectivity index (χ4v) is 2.13. The molecule has 1 heterocycles. The lowest BCUT2D eigenvalue weighted by atomic mass is 10.1. The van der Waals surface area contributed by atoms with E-state index >= 15 is 0 Å². The molecule has 5 heteroatoms. The summed E-state index contributed by atoms with van der Waals surface area (Å²) in [5.41, 5.74) is 5.44. The molecule has 0 aliphatic rings. The molecule has 0 aliphatic heterocycles. The highest BCUT2D eigenvalue weighted by Gasteiger charge is 2.24. The van der Waals surface area contributed by atoms with Crippen LogP contribution in [0.5, 0.6) is 0 Å². The number of carbonyl (C=O) groups is 1. The van der Waals surface area contributed by atoms with Crippen molar-refractivity contribution in [2.24, 2.45) is 5.73 Å². The van der Waals surface area contributed by atoms with E-state index in [1.165, 1.54) is 11.3 Å². The predicted molar refractivity (Wildman–Crippen MR) is 65.3 cm³/mol. The molecule has 0 saturated heterocycles. The molecule has 90 valence electrons. The summed E-state index contributed by atoms with van der Waals surface area (Å²) in [5.74, 6) is -0.176. The van der Waals surface area contributed by atoms with Crippen LogP contribution in [-0.4, -0.2) is 25.2 Å². The van der Waals surface area contributed by atoms with E-state index in [0.717, 1.165) is 4.88 Å². The number of carbonyl (C=O) groups excluding carboxylic acids is 1. The number of amides is 1. The van der Waals surface area contributed by atoms with E-state index in [0.29, 0.717) is 6.61 Å². The first-order chi connectivity index (χ1) is 7.46. The molecule has 1 amide bonds. The maximum Gasteiger partial charge on any atom is 0.242 e. The maximum atomic E-state index is 11.8. The van der Waals surface area contributed by atoms with Crippen molar-refractivity contribution in [1.29, 1.82) is 0 Å². The Morgan fingerprint density at radius 3 is 2.88 bits per heavy atom. The molecule has 0 radical (unpaired) electrons. The average molecular weight is 242 g/mol. The molecule has 0 aliphatic carbocycles. The summed E-state index contributed by atoms with van der Waals surface area (Å²) < 4.78 is 5.03. The Labute approximate surface area is 99.8 Å². The fraction of sp³-hybridized carbons (Fsp3) is 0.545. The van der Waals surface area contributed by atoms with Gasteiger partial charge in [0.2, 0.25) is 5.91 Å². The zero-order chi connectivity index (χ0) is 12.2. The zero-order valence-electron chi connectivity index (χ0n) is 9.82. The topological polar surface area (TPSA) is 64.3 Å². The summed E-state index contributed by atoms with van der Waals surface area (Å²) in [6.07, 6.45) is 0. The third-order valence-corrected chi connectivity index (χ3v) is 3.05. The van der Waals surface area contributed by atoms with E-state index in [1.807, 2.05) is 31.4 Å². The Kier molecular flexibility index (Phi) is 4.46. The number of nitrogens with two attached hydrogens (primary N) is 1. The Morgan fingerprint density at radius 1 is 1.69 bits per heavy atom. The molecule has 1 unspecified atom stereocenters. The molecular weight excluding hydrogens is 224 g/mol. The van der Waals surface area contributed by atoms with Crippen molar-refractivity contribution >= 4 is 17.2 Å². The van der Waals surface area contributed by atoms with Crippen LogP contribution in [0.3, 0.4) is 0 Å². The molecule has 0 bridgehead atoms. The molecule has 1 atom stereocenters. The van der Waals surface area contributed by atoms with Crippen LogP contribution in [0.4, 0.5) is 0 Å². The van der Waals surface area contributed by atoms with Crippen molar-refractivity contribution in [3.8, 4) is 0 Å². The second-order valence-corrected chi connectivity index (χ2v) is 5.28. The number of methoxy groups -OCH3 is 1. The SMILES string of the molecule is COCC(C)(C)NC(=O)C(N)c1cccs1. The third kappa shape index (κ3) is 3.59. The lowest BCUT2D eigenvalue weighted by Gasteiger charge is -2.26. The molecule has 4 nitrogen and oxygen atoms in total. The summed E-state index contributed by atoms with van der Waals surface area (Å²) in [4.78, 5) is 12.7. The fourth-order valence-electron chi connectivity index (χ4n) is 1.41. The number of hydrogen-bond donors (Lipinski definition) is 2. The van der Waals surface area contributed by atoms with Crippen LogP contribution in [0, 0.1) is 0 Å². The molecule has 1 aromatic rings. The summed E-state index contributed by atoms with van der Waals surface area (Å²) in [6.45, 7) is 4.25. The van der Waals surface area contributed by atoms with Gasteiger partial charge in [0.15, 0.2) is 0 Å². The second kappa shape index (κ2) is 5.43. The number of rotatable bonds is 5. The van der Waals surface area contributed by atoms with Gasteiger partial charge in [-0.1, -0.05) is 6.07 Å². The smallest absolute Gasteiger partial charge is 0.242 e. The minimum Gasteiger partial charge on any atom is -0.382 e. The molecule has 1 aromatic heterocycles. The van der Waals surface area contributed by atoms with E-state index in [1.54, 1.807) is 7.11 Å². The lowest BCUT2D eigenvalue weighted by molar-refractivity contribution is -0.124. The minimum absolute atomic E-state index is 0.176. The first kappa shape index (κ1) is 13.2. The van der Waals surface area contributed by atoms with Crippen LogP contribution in [0.1, 0.15) is 24.8 Å². The summed E-state index contributed by atoms with van der Waals surface area (Å²) >= 11 is 1.48. The van der Waals surface area contributed by atoms with Gasteiger partial charge in [0.1, 0.15) is 6.04 Å². The van der Waals surface area contributed by atoms with Gasteiger partial charge in [0.25, 0.3) is 0 Å². The molecule has 1 rings (SSSR count). The minimum atomic E-state index is -0.601. The Morgan fingerprint density at radius 2 is 2.38 bits per heavy atom.